The van der Waals surface area contributed by atoms with Gasteiger partial charge in [-0.05, 0) is 56.7 Å². The highest BCUT2D eigenvalue weighted by molar-refractivity contribution is 9.10. The molecule has 16 heavy (non-hydrogen) atoms. The van der Waals surface area contributed by atoms with Crippen LogP contribution in [0.3, 0.4) is 0 Å². The first kappa shape index (κ1) is 13.3. The van der Waals surface area contributed by atoms with Gasteiger partial charge in [0.15, 0.2) is 0 Å². The van der Waals surface area contributed by atoms with Crippen molar-refractivity contribution in [2.75, 3.05) is 13.2 Å². The molecule has 0 bridgehead atoms. The third-order valence-electron chi connectivity index (χ3n) is 2.17. The molecule has 0 amide bonds. The lowest BCUT2D eigenvalue weighted by molar-refractivity contribution is 0.361. The van der Waals surface area contributed by atoms with Gasteiger partial charge in [0.1, 0.15) is 12.4 Å². The molecule has 0 aromatic heterocycles. The van der Waals surface area contributed by atoms with Crippen molar-refractivity contribution in [3.05, 3.63) is 39.9 Å². The van der Waals surface area contributed by atoms with Crippen LogP contribution in [0.5, 0.6) is 5.75 Å². The normalized spacial score (nSPS) is 10.0. The molecule has 2 N–H and O–H groups in total. The third-order valence-corrected chi connectivity index (χ3v) is 2.95. The zero-order chi connectivity index (χ0) is 12.0. The van der Waals surface area contributed by atoms with Gasteiger partial charge in [0.2, 0.25) is 0 Å². The van der Waals surface area contributed by atoms with Crippen molar-refractivity contribution in [1.29, 1.82) is 0 Å². The Morgan fingerprint density at radius 2 is 2.19 bits per heavy atom. The number of halogens is 1. The standard InChI is InChI=1S/C13H18BrNO/c1-10(2)6-8-16-12-3-4-13(14)11(9-12)5-7-15/h3-4,6,9H,5,7-8,15H2,1-2H3. The van der Waals surface area contributed by atoms with Crippen molar-refractivity contribution >= 4 is 15.9 Å². The van der Waals surface area contributed by atoms with Gasteiger partial charge in [-0.25, -0.2) is 0 Å². The summed E-state index contributed by atoms with van der Waals surface area (Å²) < 4.78 is 6.71. The quantitative estimate of drug-likeness (QED) is 0.842. The van der Waals surface area contributed by atoms with E-state index in [9.17, 15) is 0 Å². The topological polar surface area (TPSA) is 35.2 Å². The Labute approximate surface area is 106 Å². The maximum atomic E-state index is 5.62. The van der Waals surface area contributed by atoms with E-state index in [4.69, 9.17) is 10.5 Å². The monoisotopic (exact) mass is 283 g/mol. The molecule has 0 aliphatic heterocycles. The summed E-state index contributed by atoms with van der Waals surface area (Å²) in [5.41, 5.74) is 8.00. The molecule has 0 saturated carbocycles. The number of nitrogens with two attached hydrogens (primary N) is 1. The van der Waals surface area contributed by atoms with Gasteiger partial charge >= 0.3 is 0 Å². The lowest BCUT2D eigenvalue weighted by atomic mass is 10.1. The molecule has 88 valence electrons. The average Bonchev–Trinajstić information content (AvgIpc) is 2.22. The summed E-state index contributed by atoms with van der Waals surface area (Å²) in [4.78, 5) is 0. The van der Waals surface area contributed by atoms with E-state index in [-0.39, 0.29) is 0 Å². The van der Waals surface area contributed by atoms with Gasteiger partial charge in [-0.15, -0.1) is 0 Å². The highest BCUT2D eigenvalue weighted by Gasteiger charge is 2.01. The van der Waals surface area contributed by atoms with Gasteiger partial charge in [-0.1, -0.05) is 21.5 Å². The minimum absolute atomic E-state index is 0.617. The van der Waals surface area contributed by atoms with Crippen molar-refractivity contribution in [2.45, 2.75) is 20.3 Å². The largest absolute Gasteiger partial charge is 0.490 e. The first-order valence-electron chi connectivity index (χ1n) is 5.38. The van der Waals surface area contributed by atoms with E-state index in [0.717, 1.165) is 16.6 Å². The van der Waals surface area contributed by atoms with Crippen LogP contribution < -0.4 is 10.5 Å². The summed E-state index contributed by atoms with van der Waals surface area (Å²) in [5, 5.41) is 0. The van der Waals surface area contributed by atoms with Crippen LogP contribution in [0.1, 0.15) is 19.4 Å². The lowest BCUT2D eigenvalue weighted by Gasteiger charge is -2.08. The minimum atomic E-state index is 0.617. The van der Waals surface area contributed by atoms with Crippen molar-refractivity contribution in [3.8, 4) is 5.75 Å². The summed E-state index contributed by atoms with van der Waals surface area (Å²) in [5.74, 6) is 0.893. The molecular formula is C13H18BrNO. The Bertz CT molecular complexity index is 370. The fourth-order valence-electron chi connectivity index (χ4n) is 1.29. The predicted molar refractivity (Wildman–Crippen MR) is 71.8 cm³/mol. The van der Waals surface area contributed by atoms with E-state index in [2.05, 4.69) is 35.9 Å². The molecule has 0 atom stereocenters. The SMILES string of the molecule is CC(C)=CCOc1ccc(Br)c(CCN)c1. The second-order valence-electron chi connectivity index (χ2n) is 3.88. The summed E-state index contributed by atoms with van der Waals surface area (Å²) >= 11 is 3.50. The third kappa shape index (κ3) is 4.37. The summed E-state index contributed by atoms with van der Waals surface area (Å²) in [6, 6.07) is 6.00. The fraction of sp³-hybridized carbons (Fsp3) is 0.385. The molecule has 0 aliphatic carbocycles. The molecule has 1 rings (SSSR count). The van der Waals surface area contributed by atoms with Crippen LogP contribution in [0.2, 0.25) is 0 Å². The van der Waals surface area contributed by atoms with Crippen LogP contribution in [-0.4, -0.2) is 13.2 Å². The Kier molecular flexibility index (Phi) is 5.56. The second-order valence-corrected chi connectivity index (χ2v) is 4.74. The predicted octanol–water partition coefficient (Wildman–Crippen LogP) is 3.30. The molecule has 2 nitrogen and oxygen atoms in total. The van der Waals surface area contributed by atoms with Gasteiger partial charge in [-0.2, -0.15) is 0 Å². The van der Waals surface area contributed by atoms with Crippen LogP contribution in [0.4, 0.5) is 0 Å². The molecule has 0 spiro atoms. The molecule has 0 heterocycles. The Hall–Kier alpha value is -0.800. The number of rotatable bonds is 5. The van der Waals surface area contributed by atoms with E-state index >= 15 is 0 Å². The van der Waals surface area contributed by atoms with E-state index in [0.29, 0.717) is 13.2 Å². The first-order chi connectivity index (χ1) is 7.63. The Morgan fingerprint density at radius 1 is 1.44 bits per heavy atom. The van der Waals surface area contributed by atoms with Crippen LogP contribution >= 0.6 is 15.9 Å². The summed E-state index contributed by atoms with van der Waals surface area (Å²) in [6.07, 6.45) is 2.92. The molecule has 0 aliphatic rings. The van der Waals surface area contributed by atoms with Crippen molar-refractivity contribution < 1.29 is 4.74 Å². The lowest BCUT2D eigenvalue weighted by Crippen LogP contribution is -2.04. The van der Waals surface area contributed by atoms with Crippen LogP contribution in [0, 0.1) is 0 Å². The zero-order valence-corrected chi connectivity index (χ0v) is 11.4. The average molecular weight is 284 g/mol. The van der Waals surface area contributed by atoms with E-state index in [1.54, 1.807) is 0 Å². The maximum absolute atomic E-state index is 5.62. The molecule has 0 fully saturated rings. The van der Waals surface area contributed by atoms with Crippen molar-refractivity contribution in [2.24, 2.45) is 5.73 Å². The smallest absolute Gasteiger partial charge is 0.120 e. The van der Waals surface area contributed by atoms with Gasteiger partial charge in [0.05, 0.1) is 0 Å². The van der Waals surface area contributed by atoms with Crippen molar-refractivity contribution in [3.63, 3.8) is 0 Å². The van der Waals surface area contributed by atoms with Crippen molar-refractivity contribution in [1.82, 2.24) is 0 Å². The van der Waals surface area contributed by atoms with Gasteiger partial charge in [-0.3, -0.25) is 0 Å². The zero-order valence-electron chi connectivity index (χ0n) is 9.79. The second kappa shape index (κ2) is 6.71. The van der Waals surface area contributed by atoms with Gasteiger partial charge < -0.3 is 10.5 Å². The Balaban J connectivity index is 2.67. The van der Waals surface area contributed by atoms with Crippen LogP contribution in [0.25, 0.3) is 0 Å². The van der Waals surface area contributed by atoms with Gasteiger partial charge in [0.25, 0.3) is 0 Å². The molecular weight excluding hydrogens is 266 g/mol. The van der Waals surface area contributed by atoms with E-state index < -0.39 is 0 Å². The number of hydrogen-bond acceptors (Lipinski definition) is 2. The highest BCUT2D eigenvalue weighted by atomic mass is 79.9. The maximum Gasteiger partial charge on any atom is 0.120 e. The molecule has 0 radical (unpaired) electrons. The molecule has 0 saturated heterocycles. The van der Waals surface area contributed by atoms with E-state index in [1.165, 1.54) is 11.1 Å². The minimum Gasteiger partial charge on any atom is -0.490 e. The molecule has 1 aromatic carbocycles. The van der Waals surface area contributed by atoms with E-state index in [1.807, 2.05) is 18.2 Å². The molecule has 3 heteroatoms. The fourth-order valence-corrected chi connectivity index (χ4v) is 1.74. The first-order valence-corrected chi connectivity index (χ1v) is 6.17. The number of hydrogen-bond donors (Lipinski definition) is 1. The molecule has 1 aromatic rings. The summed E-state index contributed by atoms with van der Waals surface area (Å²) in [7, 11) is 0. The highest BCUT2D eigenvalue weighted by Crippen LogP contribution is 2.22. The number of allylic oxidation sites excluding steroid dienone is 1. The Morgan fingerprint density at radius 3 is 2.81 bits per heavy atom. The van der Waals surface area contributed by atoms with Gasteiger partial charge in [0, 0.05) is 4.47 Å². The molecule has 0 unspecified atom stereocenters. The number of benzene rings is 1. The van der Waals surface area contributed by atoms with Crippen LogP contribution in [-0.2, 0) is 6.42 Å². The number of ether oxygens (including phenoxy) is 1. The van der Waals surface area contributed by atoms with Crippen LogP contribution in [0.15, 0.2) is 34.3 Å². The summed E-state index contributed by atoms with van der Waals surface area (Å²) in [6.45, 7) is 5.39.